The number of ketones is 1. The molecule has 16 heavy (non-hydrogen) atoms. The van der Waals surface area contributed by atoms with Crippen molar-refractivity contribution in [3.8, 4) is 6.07 Å². The van der Waals surface area contributed by atoms with E-state index in [4.69, 9.17) is 5.26 Å². The van der Waals surface area contributed by atoms with E-state index < -0.39 is 0 Å². The van der Waals surface area contributed by atoms with E-state index >= 15 is 0 Å². The molecule has 0 amide bonds. The summed E-state index contributed by atoms with van der Waals surface area (Å²) in [6.07, 6.45) is 1.04. The van der Waals surface area contributed by atoms with Crippen LogP contribution in [0.5, 0.6) is 0 Å². The van der Waals surface area contributed by atoms with E-state index in [-0.39, 0.29) is 5.78 Å². The van der Waals surface area contributed by atoms with E-state index in [1.807, 2.05) is 0 Å². The first-order chi connectivity index (χ1) is 7.58. The van der Waals surface area contributed by atoms with Crippen LogP contribution in [0.4, 0.5) is 0 Å². The molecule has 0 aliphatic rings. The smallest absolute Gasteiger partial charge is 0.160 e. The fraction of sp³-hybridized carbons (Fsp3) is 0.385. The first-order valence-corrected chi connectivity index (χ1v) is 6.18. The molecule has 1 rings (SSSR count). The van der Waals surface area contributed by atoms with Gasteiger partial charge in [0, 0.05) is 15.7 Å². The van der Waals surface area contributed by atoms with Crippen LogP contribution >= 0.6 is 11.8 Å². The molecular weight excluding hydrogens is 218 g/mol. The third kappa shape index (κ3) is 3.11. The Bertz CT molecular complexity index is 434. The molecule has 0 aliphatic heterocycles. The molecule has 0 fully saturated rings. The van der Waals surface area contributed by atoms with Gasteiger partial charge < -0.3 is 0 Å². The first-order valence-electron chi connectivity index (χ1n) is 5.30. The van der Waals surface area contributed by atoms with E-state index in [0.29, 0.717) is 16.4 Å². The van der Waals surface area contributed by atoms with Crippen LogP contribution in [0.3, 0.4) is 0 Å². The molecule has 0 aromatic heterocycles. The summed E-state index contributed by atoms with van der Waals surface area (Å²) in [5.41, 5.74) is 1.32. The average Bonchev–Trinajstić information content (AvgIpc) is 2.28. The molecule has 0 N–H and O–H groups in total. The van der Waals surface area contributed by atoms with Crippen LogP contribution in [-0.4, -0.2) is 11.0 Å². The predicted molar refractivity (Wildman–Crippen MR) is 66.8 cm³/mol. The van der Waals surface area contributed by atoms with Gasteiger partial charge >= 0.3 is 0 Å². The van der Waals surface area contributed by atoms with Crippen LogP contribution in [0.2, 0.25) is 0 Å². The average molecular weight is 233 g/mol. The van der Waals surface area contributed by atoms with Gasteiger partial charge in [-0.2, -0.15) is 5.26 Å². The Morgan fingerprint density at radius 2 is 2.25 bits per heavy atom. The van der Waals surface area contributed by atoms with Crippen LogP contribution in [0.25, 0.3) is 0 Å². The lowest BCUT2D eigenvalue weighted by Gasteiger charge is -2.11. The summed E-state index contributed by atoms with van der Waals surface area (Å²) in [4.78, 5) is 12.4. The van der Waals surface area contributed by atoms with Crippen molar-refractivity contribution < 1.29 is 4.79 Å². The summed E-state index contributed by atoms with van der Waals surface area (Å²) in [7, 11) is 0. The molecule has 0 radical (unpaired) electrons. The Morgan fingerprint density at radius 1 is 1.56 bits per heavy atom. The number of hydrogen-bond acceptors (Lipinski definition) is 3. The molecule has 0 aliphatic carbocycles. The van der Waals surface area contributed by atoms with Crippen molar-refractivity contribution in [3.05, 3.63) is 29.3 Å². The van der Waals surface area contributed by atoms with Gasteiger partial charge in [-0.1, -0.05) is 13.8 Å². The Labute approximate surface area is 101 Å². The van der Waals surface area contributed by atoms with Gasteiger partial charge in [0.05, 0.1) is 11.6 Å². The Morgan fingerprint density at radius 3 is 2.75 bits per heavy atom. The topological polar surface area (TPSA) is 40.9 Å². The number of nitrogens with zero attached hydrogens (tertiary/aromatic N) is 1. The zero-order valence-electron chi connectivity index (χ0n) is 9.78. The quantitative estimate of drug-likeness (QED) is 0.588. The zero-order valence-corrected chi connectivity index (χ0v) is 10.6. The number of rotatable bonds is 4. The largest absolute Gasteiger partial charge is 0.294 e. The minimum atomic E-state index is 0.0512. The standard InChI is InChI=1S/C13H15NOS/c1-4-9(2)16-13-7-11(8-14)5-6-12(13)10(3)15/h5-7,9H,4H2,1-3H3. The molecule has 1 unspecified atom stereocenters. The lowest BCUT2D eigenvalue weighted by atomic mass is 10.1. The monoisotopic (exact) mass is 233 g/mol. The first kappa shape index (κ1) is 12.8. The van der Waals surface area contributed by atoms with Crippen molar-refractivity contribution in [1.82, 2.24) is 0 Å². The Balaban J connectivity index is 3.11. The summed E-state index contributed by atoms with van der Waals surface area (Å²) in [6.45, 7) is 5.79. The normalized spacial score (nSPS) is 11.9. The fourth-order valence-electron chi connectivity index (χ4n) is 1.28. The van der Waals surface area contributed by atoms with Crippen LogP contribution in [-0.2, 0) is 0 Å². The number of hydrogen-bond donors (Lipinski definition) is 0. The third-order valence-corrected chi connectivity index (χ3v) is 3.72. The number of carbonyl (C=O) groups excluding carboxylic acids is 1. The van der Waals surface area contributed by atoms with Gasteiger partial charge in [0.25, 0.3) is 0 Å². The minimum Gasteiger partial charge on any atom is -0.294 e. The second kappa shape index (κ2) is 5.72. The van der Waals surface area contributed by atoms with Gasteiger partial charge in [-0.25, -0.2) is 0 Å². The van der Waals surface area contributed by atoms with E-state index in [2.05, 4.69) is 19.9 Å². The van der Waals surface area contributed by atoms with Gasteiger partial charge in [-0.15, -0.1) is 11.8 Å². The van der Waals surface area contributed by atoms with Gasteiger partial charge in [0.2, 0.25) is 0 Å². The van der Waals surface area contributed by atoms with Gasteiger partial charge in [0.1, 0.15) is 0 Å². The molecule has 0 saturated heterocycles. The minimum absolute atomic E-state index is 0.0512. The molecular formula is C13H15NOS. The van der Waals surface area contributed by atoms with E-state index in [0.717, 1.165) is 11.3 Å². The van der Waals surface area contributed by atoms with Crippen molar-refractivity contribution in [3.63, 3.8) is 0 Å². The molecule has 1 atom stereocenters. The summed E-state index contributed by atoms with van der Waals surface area (Å²) >= 11 is 1.66. The molecule has 1 aromatic carbocycles. The molecule has 2 nitrogen and oxygen atoms in total. The molecule has 3 heteroatoms. The van der Waals surface area contributed by atoms with Crippen molar-refractivity contribution in [2.75, 3.05) is 0 Å². The van der Waals surface area contributed by atoms with Crippen LogP contribution in [0.15, 0.2) is 23.1 Å². The Kier molecular flexibility index (Phi) is 4.57. The summed E-state index contributed by atoms with van der Waals surface area (Å²) < 4.78 is 0. The number of benzene rings is 1. The predicted octanol–water partition coefficient (Wildman–Crippen LogP) is 3.65. The van der Waals surface area contributed by atoms with Crippen LogP contribution in [0.1, 0.15) is 43.1 Å². The maximum atomic E-state index is 11.4. The van der Waals surface area contributed by atoms with Crippen LogP contribution < -0.4 is 0 Å². The summed E-state index contributed by atoms with van der Waals surface area (Å²) in [5.74, 6) is 0.0512. The van der Waals surface area contributed by atoms with E-state index in [1.54, 1.807) is 36.9 Å². The summed E-state index contributed by atoms with van der Waals surface area (Å²) in [5, 5.41) is 9.29. The maximum Gasteiger partial charge on any atom is 0.160 e. The highest BCUT2D eigenvalue weighted by atomic mass is 32.2. The van der Waals surface area contributed by atoms with Crippen molar-refractivity contribution >= 4 is 17.5 Å². The molecule has 1 aromatic rings. The SMILES string of the molecule is CCC(C)Sc1cc(C#N)ccc1C(C)=O. The van der Waals surface area contributed by atoms with Gasteiger partial charge in [-0.3, -0.25) is 4.79 Å². The fourth-order valence-corrected chi connectivity index (χ4v) is 2.41. The lowest BCUT2D eigenvalue weighted by Crippen LogP contribution is -1.99. The zero-order chi connectivity index (χ0) is 12.1. The number of thioether (sulfide) groups is 1. The van der Waals surface area contributed by atoms with Crippen molar-refractivity contribution in [2.24, 2.45) is 0 Å². The van der Waals surface area contributed by atoms with Crippen LogP contribution in [0, 0.1) is 11.3 Å². The molecule has 0 spiro atoms. The number of carbonyl (C=O) groups is 1. The second-order valence-electron chi connectivity index (χ2n) is 3.72. The second-order valence-corrected chi connectivity index (χ2v) is 5.20. The molecule has 0 saturated carbocycles. The number of Topliss-reactive ketones (excluding diaryl/α,β-unsaturated/α-hetero) is 1. The molecule has 84 valence electrons. The van der Waals surface area contributed by atoms with Gasteiger partial charge in [0.15, 0.2) is 5.78 Å². The van der Waals surface area contributed by atoms with E-state index in [9.17, 15) is 4.79 Å². The highest BCUT2D eigenvalue weighted by molar-refractivity contribution is 8.00. The molecule has 0 heterocycles. The number of nitriles is 1. The maximum absolute atomic E-state index is 11.4. The highest BCUT2D eigenvalue weighted by Gasteiger charge is 2.11. The Hall–Kier alpha value is -1.27. The van der Waals surface area contributed by atoms with Gasteiger partial charge in [-0.05, 0) is 31.5 Å². The van der Waals surface area contributed by atoms with Crippen molar-refractivity contribution in [2.45, 2.75) is 37.3 Å². The third-order valence-electron chi connectivity index (χ3n) is 2.39. The van der Waals surface area contributed by atoms with Crippen molar-refractivity contribution in [1.29, 1.82) is 5.26 Å². The highest BCUT2D eigenvalue weighted by Crippen LogP contribution is 2.29. The molecule has 0 bridgehead atoms. The van der Waals surface area contributed by atoms with E-state index in [1.165, 1.54) is 0 Å². The summed E-state index contributed by atoms with van der Waals surface area (Å²) in [6, 6.07) is 7.33. The lowest BCUT2D eigenvalue weighted by molar-refractivity contribution is 0.101.